The van der Waals surface area contributed by atoms with Crippen LogP contribution in [0.3, 0.4) is 0 Å². The summed E-state index contributed by atoms with van der Waals surface area (Å²) in [7, 11) is 0. The number of nitrogens with zero attached hydrogens (tertiary/aromatic N) is 4. The number of esters is 1. The highest BCUT2D eigenvalue weighted by Crippen LogP contribution is 2.39. The van der Waals surface area contributed by atoms with Crippen molar-refractivity contribution in [2.75, 3.05) is 0 Å². The number of carbonyl (C=O) groups is 1. The van der Waals surface area contributed by atoms with E-state index in [0.29, 0.717) is 5.02 Å². The number of carbonyl (C=O) groups excluding carboxylic acids is 1. The van der Waals surface area contributed by atoms with Gasteiger partial charge in [-0.2, -0.15) is 0 Å². The summed E-state index contributed by atoms with van der Waals surface area (Å²) in [4.78, 5) is 17.3. The number of rotatable bonds is 3. The lowest BCUT2D eigenvalue weighted by atomic mass is 9.99. The number of halogens is 1. The molecule has 0 bridgehead atoms. The Hall–Kier alpha value is -2.51. The number of hydrogen-bond acceptors (Lipinski definition) is 6. The third-order valence-corrected chi connectivity index (χ3v) is 6.24. The maximum absolute atomic E-state index is 11.3. The highest BCUT2D eigenvalue weighted by Gasteiger charge is 2.30. The number of aryl methyl sites for hydroxylation is 1. The van der Waals surface area contributed by atoms with Crippen LogP contribution < -0.4 is 0 Å². The minimum atomic E-state index is -0.302. The van der Waals surface area contributed by atoms with Crippen molar-refractivity contribution in [2.45, 2.75) is 40.3 Å². The lowest BCUT2D eigenvalue weighted by molar-refractivity contribution is -0.142. The third kappa shape index (κ3) is 3.14. The largest absolute Gasteiger partial charge is 0.460 e. The van der Waals surface area contributed by atoms with E-state index in [1.54, 1.807) is 11.3 Å². The van der Waals surface area contributed by atoms with E-state index in [1.807, 2.05) is 45.0 Å². The first-order valence-corrected chi connectivity index (χ1v) is 10.1. The zero-order chi connectivity index (χ0) is 20.0. The van der Waals surface area contributed by atoms with Crippen LogP contribution in [0.4, 0.5) is 0 Å². The van der Waals surface area contributed by atoms with E-state index in [-0.39, 0.29) is 18.6 Å². The number of aliphatic imine (C=N–C) groups is 1. The van der Waals surface area contributed by atoms with Crippen molar-refractivity contribution in [1.82, 2.24) is 14.8 Å². The Kier molecular flexibility index (Phi) is 4.81. The van der Waals surface area contributed by atoms with Gasteiger partial charge in [0.15, 0.2) is 5.82 Å². The highest BCUT2D eigenvalue weighted by atomic mass is 35.5. The standard InChI is InChI=1S/C20H19ClN4O2S/c1-10-16(9-27-13(4)26)28-20-17(10)18(14-5-7-15(21)8-6-14)22-11(2)19-24-23-12(3)25(19)20/h5-8,11H,9H2,1-4H3/t11-/m0/s1. The second-order valence-electron chi connectivity index (χ2n) is 6.71. The number of ether oxygens (including phenoxy) is 1. The molecule has 28 heavy (non-hydrogen) atoms. The van der Waals surface area contributed by atoms with Crippen molar-refractivity contribution in [3.05, 3.63) is 62.5 Å². The molecule has 2 aromatic heterocycles. The molecule has 0 radical (unpaired) electrons. The fraction of sp³-hybridized carbons (Fsp3) is 0.300. The van der Waals surface area contributed by atoms with Crippen LogP contribution in [0.5, 0.6) is 0 Å². The van der Waals surface area contributed by atoms with Gasteiger partial charge in [0.1, 0.15) is 23.5 Å². The molecule has 0 N–H and O–H groups in total. The van der Waals surface area contributed by atoms with Gasteiger partial charge in [-0.05, 0) is 38.5 Å². The van der Waals surface area contributed by atoms with Gasteiger partial charge in [-0.1, -0.05) is 23.7 Å². The molecule has 4 rings (SSSR count). The molecular weight excluding hydrogens is 396 g/mol. The summed E-state index contributed by atoms with van der Waals surface area (Å²) in [5, 5.41) is 10.3. The molecule has 3 aromatic rings. The van der Waals surface area contributed by atoms with Gasteiger partial charge in [-0.15, -0.1) is 21.5 Å². The minimum absolute atomic E-state index is 0.150. The van der Waals surface area contributed by atoms with Crippen molar-refractivity contribution >= 4 is 34.6 Å². The smallest absolute Gasteiger partial charge is 0.302 e. The molecule has 0 amide bonds. The van der Waals surface area contributed by atoms with Gasteiger partial charge in [0.05, 0.1) is 5.71 Å². The lowest BCUT2D eigenvalue weighted by Crippen LogP contribution is -2.07. The minimum Gasteiger partial charge on any atom is -0.460 e. The van der Waals surface area contributed by atoms with E-state index in [1.165, 1.54) is 6.92 Å². The summed E-state index contributed by atoms with van der Waals surface area (Å²) in [5.74, 6) is 1.29. The van der Waals surface area contributed by atoms with Gasteiger partial charge < -0.3 is 4.74 Å². The SMILES string of the molecule is CC(=O)OCc1sc2c(c1C)C(c1ccc(Cl)cc1)=N[C@@H](C)c1nnc(C)n1-2. The third-order valence-electron chi connectivity index (χ3n) is 4.74. The fourth-order valence-electron chi connectivity index (χ4n) is 3.33. The number of aromatic nitrogens is 3. The predicted octanol–water partition coefficient (Wildman–Crippen LogP) is 4.57. The summed E-state index contributed by atoms with van der Waals surface area (Å²) in [6, 6.07) is 7.52. The quantitative estimate of drug-likeness (QED) is 0.588. The summed E-state index contributed by atoms with van der Waals surface area (Å²) in [6.45, 7) is 7.63. The first-order chi connectivity index (χ1) is 13.4. The predicted molar refractivity (Wildman–Crippen MR) is 110 cm³/mol. The van der Waals surface area contributed by atoms with E-state index >= 15 is 0 Å². The second kappa shape index (κ2) is 7.14. The Labute approximate surface area is 171 Å². The Morgan fingerprint density at radius 2 is 1.96 bits per heavy atom. The van der Waals surface area contributed by atoms with Gasteiger partial charge in [0, 0.05) is 28.0 Å². The van der Waals surface area contributed by atoms with Crippen LogP contribution in [0.2, 0.25) is 5.02 Å². The van der Waals surface area contributed by atoms with Crippen molar-refractivity contribution in [2.24, 2.45) is 4.99 Å². The molecule has 0 fully saturated rings. The van der Waals surface area contributed by atoms with E-state index in [2.05, 4.69) is 14.8 Å². The van der Waals surface area contributed by atoms with E-state index in [9.17, 15) is 4.79 Å². The number of hydrogen-bond donors (Lipinski definition) is 0. The summed E-state index contributed by atoms with van der Waals surface area (Å²) in [5.41, 5.74) is 3.92. The first kappa shape index (κ1) is 18.8. The maximum Gasteiger partial charge on any atom is 0.302 e. The number of benzene rings is 1. The molecule has 8 heteroatoms. The number of thiophene rings is 1. The Bertz CT molecular complexity index is 1100. The molecule has 1 aliphatic rings. The van der Waals surface area contributed by atoms with E-state index in [0.717, 1.165) is 43.9 Å². The average Bonchev–Trinajstić information content (AvgIpc) is 3.15. The Balaban J connectivity index is 1.96. The van der Waals surface area contributed by atoms with Gasteiger partial charge in [-0.25, -0.2) is 0 Å². The van der Waals surface area contributed by atoms with Crippen LogP contribution in [-0.2, 0) is 16.1 Å². The maximum atomic E-state index is 11.3. The molecule has 1 aliphatic heterocycles. The molecule has 0 aliphatic carbocycles. The molecule has 0 unspecified atom stereocenters. The second-order valence-corrected chi connectivity index (χ2v) is 8.23. The van der Waals surface area contributed by atoms with E-state index in [4.69, 9.17) is 21.3 Å². The van der Waals surface area contributed by atoms with Gasteiger partial charge >= 0.3 is 5.97 Å². The first-order valence-electron chi connectivity index (χ1n) is 8.88. The van der Waals surface area contributed by atoms with E-state index < -0.39 is 0 Å². The molecule has 3 heterocycles. The molecule has 0 saturated heterocycles. The molecule has 1 atom stereocenters. The molecule has 1 aromatic carbocycles. The van der Waals surface area contributed by atoms with Gasteiger partial charge in [-0.3, -0.25) is 14.4 Å². The molecule has 0 saturated carbocycles. The molecular formula is C20H19ClN4O2S. The van der Waals surface area contributed by atoms with Crippen molar-refractivity contribution in [1.29, 1.82) is 0 Å². The molecule has 6 nitrogen and oxygen atoms in total. The fourth-order valence-corrected chi connectivity index (χ4v) is 4.73. The van der Waals surface area contributed by atoms with Crippen LogP contribution in [0.1, 0.15) is 53.1 Å². The van der Waals surface area contributed by atoms with Gasteiger partial charge in [0.2, 0.25) is 0 Å². The zero-order valence-corrected chi connectivity index (χ0v) is 17.6. The van der Waals surface area contributed by atoms with Crippen LogP contribution >= 0.6 is 22.9 Å². The van der Waals surface area contributed by atoms with Crippen LogP contribution in [0, 0.1) is 13.8 Å². The van der Waals surface area contributed by atoms with Crippen LogP contribution in [0.25, 0.3) is 5.00 Å². The summed E-state index contributed by atoms with van der Waals surface area (Å²) < 4.78 is 7.33. The number of fused-ring (bicyclic) bond motifs is 3. The molecule has 144 valence electrons. The van der Waals surface area contributed by atoms with Crippen molar-refractivity contribution in [3.8, 4) is 5.00 Å². The monoisotopic (exact) mass is 414 g/mol. The summed E-state index contributed by atoms with van der Waals surface area (Å²) in [6.07, 6.45) is 0. The highest BCUT2D eigenvalue weighted by molar-refractivity contribution is 7.15. The Morgan fingerprint density at radius 1 is 1.25 bits per heavy atom. The van der Waals surface area contributed by atoms with Crippen molar-refractivity contribution in [3.63, 3.8) is 0 Å². The topological polar surface area (TPSA) is 69.4 Å². The average molecular weight is 415 g/mol. The zero-order valence-electron chi connectivity index (χ0n) is 16.0. The Morgan fingerprint density at radius 3 is 2.64 bits per heavy atom. The lowest BCUT2D eigenvalue weighted by Gasteiger charge is -2.10. The van der Waals surface area contributed by atoms with Crippen LogP contribution in [0.15, 0.2) is 29.3 Å². The van der Waals surface area contributed by atoms with Gasteiger partial charge in [0.25, 0.3) is 0 Å². The summed E-state index contributed by atoms with van der Waals surface area (Å²) >= 11 is 7.67. The normalized spacial score (nSPS) is 15.5. The van der Waals surface area contributed by atoms with Crippen molar-refractivity contribution < 1.29 is 9.53 Å². The molecule has 0 spiro atoms. The van der Waals surface area contributed by atoms with Crippen LogP contribution in [-0.4, -0.2) is 26.4 Å².